The number of carbonyl (C=O) groups is 1. The summed E-state index contributed by atoms with van der Waals surface area (Å²) in [5.74, 6) is 0.566. The van der Waals surface area contributed by atoms with E-state index in [4.69, 9.17) is 4.74 Å². The standard InChI is InChI=1S/C14H15NO2S/c1-9-8-13(18-10(9)2)14(16)15-11-6-4-5-7-12(11)17-3/h4-8H,1-3H3,(H,15,16). The van der Waals surface area contributed by atoms with Gasteiger partial charge in [-0.05, 0) is 37.6 Å². The van der Waals surface area contributed by atoms with Crippen LogP contribution in [-0.4, -0.2) is 13.0 Å². The van der Waals surface area contributed by atoms with Crippen molar-refractivity contribution in [3.63, 3.8) is 0 Å². The lowest BCUT2D eigenvalue weighted by Gasteiger charge is -2.08. The molecular formula is C14H15NO2S. The Hall–Kier alpha value is -1.81. The number of anilines is 1. The maximum Gasteiger partial charge on any atom is 0.265 e. The highest BCUT2D eigenvalue weighted by atomic mass is 32.1. The lowest BCUT2D eigenvalue weighted by molar-refractivity contribution is 0.103. The van der Waals surface area contributed by atoms with Crippen molar-refractivity contribution < 1.29 is 9.53 Å². The normalized spacial score (nSPS) is 10.2. The van der Waals surface area contributed by atoms with Gasteiger partial charge in [0, 0.05) is 4.88 Å². The van der Waals surface area contributed by atoms with Crippen LogP contribution in [0.2, 0.25) is 0 Å². The fraction of sp³-hybridized carbons (Fsp3) is 0.214. The number of hydrogen-bond donors (Lipinski definition) is 1. The zero-order valence-corrected chi connectivity index (χ0v) is 11.4. The molecule has 1 aromatic heterocycles. The molecule has 4 heteroatoms. The zero-order valence-electron chi connectivity index (χ0n) is 10.6. The van der Waals surface area contributed by atoms with Crippen LogP contribution in [0.5, 0.6) is 5.75 Å². The van der Waals surface area contributed by atoms with Crippen LogP contribution in [0.25, 0.3) is 0 Å². The second kappa shape index (κ2) is 5.23. The van der Waals surface area contributed by atoms with Crippen LogP contribution in [-0.2, 0) is 0 Å². The van der Waals surface area contributed by atoms with Gasteiger partial charge in [-0.1, -0.05) is 12.1 Å². The van der Waals surface area contributed by atoms with Crippen molar-refractivity contribution in [3.8, 4) is 5.75 Å². The number of amides is 1. The molecule has 3 nitrogen and oxygen atoms in total. The van der Waals surface area contributed by atoms with E-state index in [-0.39, 0.29) is 5.91 Å². The maximum atomic E-state index is 12.1. The molecule has 1 heterocycles. The van der Waals surface area contributed by atoms with Gasteiger partial charge in [0.05, 0.1) is 17.7 Å². The van der Waals surface area contributed by atoms with Gasteiger partial charge in [0.25, 0.3) is 5.91 Å². The Morgan fingerprint density at radius 1 is 1.28 bits per heavy atom. The van der Waals surface area contributed by atoms with Crippen LogP contribution >= 0.6 is 11.3 Å². The third-order valence-corrected chi connectivity index (χ3v) is 3.90. The van der Waals surface area contributed by atoms with Crippen LogP contribution in [0.15, 0.2) is 30.3 Å². The Balaban J connectivity index is 2.21. The summed E-state index contributed by atoms with van der Waals surface area (Å²) in [6.07, 6.45) is 0. The summed E-state index contributed by atoms with van der Waals surface area (Å²) < 4.78 is 5.20. The molecule has 0 unspecified atom stereocenters. The molecule has 1 amide bonds. The Morgan fingerprint density at radius 3 is 2.61 bits per heavy atom. The molecule has 0 bridgehead atoms. The van der Waals surface area contributed by atoms with Gasteiger partial charge in [-0.25, -0.2) is 0 Å². The molecule has 94 valence electrons. The van der Waals surface area contributed by atoms with E-state index in [1.807, 2.05) is 44.2 Å². The summed E-state index contributed by atoms with van der Waals surface area (Å²) in [7, 11) is 1.59. The van der Waals surface area contributed by atoms with Gasteiger partial charge in [0.2, 0.25) is 0 Å². The van der Waals surface area contributed by atoms with Crippen LogP contribution in [0.1, 0.15) is 20.1 Å². The largest absolute Gasteiger partial charge is 0.495 e. The zero-order chi connectivity index (χ0) is 13.1. The molecule has 0 fully saturated rings. The average molecular weight is 261 g/mol. The molecule has 1 aromatic carbocycles. The number of hydrogen-bond acceptors (Lipinski definition) is 3. The molecule has 0 spiro atoms. The Morgan fingerprint density at radius 2 is 2.00 bits per heavy atom. The minimum atomic E-state index is -0.0966. The molecule has 18 heavy (non-hydrogen) atoms. The van der Waals surface area contributed by atoms with E-state index >= 15 is 0 Å². The summed E-state index contributed by atoms with van der Waals surface area (Å²) in [5, 5.41) is 2.86. The maximum absolute atomic E-state index is 12.1. The molecule has 0 saturated heterocycles. The molecule has 1 N–H and O–H groups in total. The number of carbonyl (C=O) groups excluding carboxylic acids is 1. The van der Waals surface area contributed by atoms with Crippen LogP contribution in [0.4, 0.5) is 5.69 Å². The number of methoxy groups -OCH3 is 1. The van der Waals surface area contributed by atoms with Crippen LogP contribution in [0.3, 0.4) is 0 Å². The van der Waals surface area contributed by atoms with Gasteiger partial charge in [0.1, 0.15) is 5.75 Å². The molecule has 0 aliphatic heterocycles. The van der Waals surface area contributed by atoms with E-state index in [2.05, 4.69) is 5.32 Å². The highest BCUT2D eigenvalue weighted by Gasteiger charge is 2.12. The number of benzene rings is 1. The number of rotatable bonds is 3. The molecule has 2 rings (SSSR count). The first-order valence-electron chi connectivity index (χ1n) is 5.63. The molecule has 2 aromatic rings. The number of ether oxygens (including phenoxy) is 1. The fourth-order valence-corrected chi connectivity index (χ4v) is 2.55. The second-order valence-electron chi connectivity index (χ2n) is 4.00. The lowest BCUT2D eigenvalue weighted by Crippen LogP contribution is -2.10. The summed E-state index contributed by atoms with van der Waals surface area (Å²) in [4.78, 5) is 14.0. The average Bonchev–Trinajstić information content (AvgIpc) is 2.70. The van der Waals surface area contributed by atoms with E-state index in [0.717, 1.165) is 10.4 Å². The number of nitrogens with one attached hydrogen (secondary N) is 1. The number of para-hydroxylation sites is 2. The quantitative estimate of drug-likeness (QED) is 0.916. The first-order chi connectivity index (χ1) is 8.61. The topological polar surface area (TPSA) is 38.3 Å². The minimum Gasteiger partial charge on any atom is -0.495 e. The van der Waals surface area contributed by atoms with Crippen LogP contribution in [0, 0.1) is 13.8 Å². The first kappa shape index (κ1) is 12.6. The summed E-state index contributed by atoms with van der Waals surface area (Å²) >= 11 is 1.50. The number of thiophene rings is 1. The molecule has 0 aliphatic rings. The van der Waals surface area contributed by atoms with Crippen molar-refractivity contribution >= 4 is 22.9 Å². The predicted molar refractivity (Wildman–Crippen MR) is 74.7 cm³/mol. The van der Waals surface area contributed by atoms with Crippen LogP contribution < -0.4 is 10.1 Å². The monoisotopic (exact) mass is 261 g/mol. The SMILES string of the molecule is COc1ccccc1NC(=O)c1cc(C)c(C)s1. The van der Waals surface area contributed by atoms with Gasteiger partial charge in [-0.2, -0.15) is 0 Å². The highest BCUT2D eigenvalue weighted by molar-refractivity contribution is 7.14. The van der Waals surface area contributed by atoms with Crippen molar-refractivity contribution in [2.75, 3.05) is 12.4 Å². The van der Waals surface area contributed by atoms with E-state index in [0.29, 0.717) is 11.4 Å². The predicted octanol–water partition coefficient (Wildman–Crippen LogP) is 3.63. The van der Waals surface area contributed by atoms with E-state index < -0.39 is 0 Å². The van der Waals surface area contributed by atoms with Crippen molar-refractivity contribution in [2.24, 2.45) is 0 Å². The summed E-state index contributed by atoms with van der Waals surface area (Å²) in [6.45, 7) is 4.02. The molecule has 0 aliphatic carbocycles. The minimum absolute atomic E-state index is 0.0966. The van der Waals surface area contributed by atoms with Crippen molar-refractivity contribution in [1.29, 1.82) is 0 Å². The number of aryl methyl sites for hydroxylation is 2. The molecule has 0 atom stereocenters. The van der Waals surface area contributed by atoms with E-state index in [1.165, 1.54) is 16.2 Å². The van der Waals surface area contributed by atoms with Gasteiger partial charge in [-0.15, -0.1) is 11.3 Å². The first-order valence-corrected chi connectivity index (χ1v) is 6.45. The van der Waals surface area contributed by atoms with Crippen molar-refractivity contribution in [3.05, 3.63) is 45.6 Å². The van der Waals surface area contributed by atoms with Gasteiger partial charge >= 0.3 is 0 Å². The third kappa shape index (κ3) is 2.54. The lowest BCUT2D eigenvalue weighted by atomic mass is 10.2. The van der Waals surface area contributed by atoms with Crippen molar-refractivity contribution in [2.45, 2.75) is 13.8 Å². The fourth-order valence-electron chi connectivity index (χ4n) is 1.62. The van der Waals surface area contributed by atoms with Gasteiger partial charge in [0.15, 0.2) is 0 Å². The highest BCUT2D eigenvalue weighted by Crippen LogP contribution is 2.26. The molecular weight excluding hydrogens is 246 g/mol. The second-order valence-corrected chi connectivity index (χ2v) is 5.26. The Labute approximate surface area is 110 Å². The molecule has 0 saturated carbocycles. The molecule has 0 radical (unpaired) electrons. The van der Waals surface area contributed by atoms with Crippen molar-refractivity contribution in [1.82, 2.24) is 0 Å². The van der Waals surface area contributed by atoms with E-state index in [1.54, 1.807) is 7.11 Å². The Kier molecular flexibility index (Phi) is 3.67. The third-order valence-electron chi connectivity index (χ3n) is 2.74. The summed E-state index contributed by atoms with van der Waals surface area (Å²) in [6, 6.07) is 9.28. The van der Waals surface area contributed by atoms with Gasteiger partial charge in [-0.3, -0.25) is 4.79 Å². The smallest absolute Gasteiger partial charge is 0.265 e. The Bertz CT molecular complexity index is 555. The summed E-state index contributed by atoms with van der Waals surface area (Å²) in [5.41, 5.74) is 1.83. The van der Waals surface area contributed by atoms with Gasteiger partial charge < -0.3 is 10.1 Å². The van der Waals surface area contributed by atoms with E-state index in [9.17, 15) is 4.79 Å².